The van der Waals surface area contributed by atoms with E-state index in [4.69, 9.17) is 9.47 Å². The van der Waals surface area contributed by atoms with Crippen LogP contribution in [0.15, 0.2) is 0 Å². The van der Waals surface area contributed by atoms with E-state index in [-0.39, 0.29) is 5.97 Å². The SMILES string of the molecule is CCCCOC(C#CCCCCCC(=O)OC)OCCCC. The van der Waals surface area contributed by atoms with Crippen molar-refractivity contribution in [3.63, 3.8) is 0 Å². The molecule has 0 N–H and O–H groups in total. The largest absolute Gasteiger partial charge is 0.469 e. The molecule has 0 fully saturated rings. The molecular formula is C18H32O4. The first-order chi connectivity index (χ1) is 10.7. The molecule has 4 nitrogen and oxygen atoms in total. The van der Waals surface area contributed by atoms with Gasteiger partial charge in [-0.15, -0.1) is 0 Å². The maximum atomic E-state index is 11.0. The van der Waals surface area contributed by atoms with Crippen molar-refractivity contribution in [1.29, 1.82) is 0 Å². The zero-order valence-corrected chi connectivity index (χ0v) is 14.5. The van der Waals surface area contributed by atoms with E-state index < -0.39 is 6.29 Å². The molecule has 0 atom stereocenters. The first-order valence-electron chi connectivity index (χ1n) is 8.53. The molecule has 0 saturated carbocycles. The number of esters is 1. The van der Waals surface area contributed by atoms with Crippen molar-refractivity contribution < 1.29 is 19.0 Å². The van der Waals surface area contributed by atoms with Crippen LogP contribution in [0.2, 0.25) is 0 Å². The van der Waals surface area contributed by atoms with E-state index in [1.165, 1.54) is 7.11 Å². The number of unbranched alkanes of at least 4 members (excludes halogenated alkanes) is 5. The Morgan fingerprint density at radius 1 is 0.955 bits per heavy atom. The summed E-state index contributed by atoms with van der Waals surface area (Å²) in [6.45, 7) is 5.66. The zero-order chi connectivity index (χ0) is 16.5. The Kier molecular flexibility index (Phi) is 15.5. The van der Waals surface area contributed by atoms with E-state index in [0.717, 1.165) is 51.4 Å². The van der Waals surface area contributed by atoms with Gasteiger partial charge in [0.1, 0.15) is 0 Å². The molecule has 0 aliphatic heterocycles. The molecule has 0 bridgehead atoms. The molecule has 0 aliphatic rings. The molecule has 0 spiro atoms. The molecule has 0 aromatic heterocycles. The third-order valence-corrected chi connectivity index (χ3v) is 3.16. The van der Waals surface area contributed by atoms with Gasteiger partial charge < -0.3 is 14.2 Å². The fraction of sp³-hybridized carbons (Fsp3) is 0.833. The predicted octanol–water partition coefficient (Wildman–Crippen LogP) is 4.07. The van der Waals surface area contributed by atoms with Crippen molar-refractivity contribution >= 4 is 5.97 Å². The highest BCUT2D eigenvalue weighted by molar-refractivity contribution is 5.68. The van der Waals surface area contributed by atoms with Crippen LogP contribution in [0.3, 0.4) is 0 Å². The van der Waals surface area contributed by atoms with E-state index in [1.807, 2.05) is 0 Å². The van der Waals surface area contributed by atoms with Gasteiger partial charge in [0.05, 0.1) is 20.3 Å². The number of carbonyl (C=O) groups is 1. The lowest BCUT2D eigenvalue weighted by Gasteiger charge is -2.12. The molecule has 22 heavy (non-hydrogen) atoms. The Hall–Kier alpha value is -1.05. The van der Waals surface area contributed by atoms with Gasteiger partial charge in [0.25, 0.3) is 0 Å². The van der Waals surface area contributed by atoms with Crippen molar-refractivity contribution in [2.45, 2.75) is 77.9 Å². The van der Waals surface area contributed by atoms with Gasteiger partial charge >= 0.3 is 5.97 Å². The van der Waals surface area contributed by atoms with E-state index in [1.54, 1.807) is 0 Å². The Labute approximate surface area is 135 Å². The molecule has 0 unspecified atom stereocenters. The molecule has 0 radical (unpaired) electrons. The highest BCUT2D eigenvalue weighted by Crippen LogP contribution is 2.04. The van der Waals surface area contributed by atoms with Gasteiger partial charge in [0, 0.05) is 12.8 Å². The highest BCUT2D eigenvalue weighted by atomic mass is 16.7. The van der Waals surface area contributed by atoms with Gasteiger partial charge in [-0.25, -0.2) is 0 Å². The summed E-state index contributed by atoms with van der Waals surface area (Å²) in [5, 5.41) is 0. The summed E-state index contributed by atoms with van der Waals surface area (Å²) in [4.78, 5) is 11.0. The molecule has 0 heterocycles. The number of ether oxygens (including phenoxy) is 3. The predicted molar refractivity (Wildman–Crippen MR) is 88.4 cm³/mol. The van der Waals surface area contributed by atoms with Crippen LogP contribution in [0, 0.1) is 11.8 Å². The molecule has 0 aromatic rings. The third-order valence-electron chi connectivity index (χ3n) is 3.16. The Balaban J connectivity index is 3.85. The lowest BCUT2D eigenvalue weighted by Crippen LogP contribution is -2.16. The van der Waals surface area contributed by atoms with Gasteiger partial charge in [0.2, 0.25) is 6.29 Å². The van der Waals surface area contributed by atoms with Crippen molar-refractivity contribution in [2.24, 2.45) is 0 Å². The lowest BCUT2D eigenvalue weighted by molar-refractivity contribution is -0.140. The number of rotatable bonds is 13. The first-order valence-corrected chi connectivity index (χ1v) is 8.53. The molecule has 0 amide bonds. The second-order valence-electron chi connectivity index (χ2n) is 5.24. The summed E-state index contributed by atoms with van der Waals surface area (Å²) in [5.74, 6) is 6.05. The van der Waals surface area contributed by atoms with Gasteiger partial charge in [-0.1, -0.05) is 39.0 Å². The monoisotopic (exact) mass is 312 g/mol. The van der Waals surface area contributed by atoms with Crippen LogP contribution in [0.5, 0.6) is 0 Å². The number of methoxy groups -OCH3 is 1. The molecule has 0 rings (SSSR count). The molecule has 0 saturated heterocycles. The summed E-state index contributed by atoms with van der Waals surface area (Å²) in [5.41, 5.74) is 0. The van der Waals surface area contributed by atoms with Crippen LogP contribution in [0.4, 0.5) is 0 Å². The summed E-state index contributed by atoms with van der Waals surface area (Å²) in [6.07, 6.45) is 8.02. The molecular weight excluding hydrogens is 280 g/mol. The van der Waals surface area contributed by atoms with Crippen LogP contribution in [0.25, 0.3) is 0 Å². The number of hydrogen-bond acceptors (Lipinski definition) is 4. The van der Waals surface area contributed by atoms with Crippen LogP contribution in [-0.2, 0) is 19.0 Å². The number of carbonyl (C=O) groups excluding carboxylic acids is 1. The van der Waals surface area contributed by atoms with Crippen molar-refractivity contribution in [2.75, 3.05) is 20.3 Å². The normalized spacial score (nSPS) is 10.4. The quantitative estimate of drug-likeness (QED) is 0.222. The zero-order valence-electron chi connectivity index (χ0n) is 14.5. The average Bonchev–Trinajstić information content (AvgIpc) is 2.53. The minimum Gasteiger partial charge on any atom is -0.469 e. The van der Waals surface area contributed by atoms with Crippen molar-refractivity contribution in [3.05, 3.63) is 0 Å². The maximum absolute atomic E-state index is 11.0. The minimum absolute atomic E-state index is 0.139. The van der Waals surface area contributed by atoms with Crippen LogP contribution < -0.4 is 0 Å². The summed E-state index contributed by atoms with van der Waals surface area (Å²) >= 11 is 0. The van der Waals surface area contributed by atoms with E-state index in [9.17, 15) is 4.79 Å². The van der Waals surface area contributed by atoms with Crippen LogP contribution in [-0.4, -0.2) is 32.6 Å². The van der Waals surface area contributed by atoms with E-state index in [2.05, 4.69) is 30.4 Å². The Morgan fingerprint density at radius 2 is 1.59 bits per heavy atom. The van der Waals surface area contributed by atoms with Crippen LogP contribution in [0.1, 0.15) is 71.6 Å². The summed E-state index contributed by atoms with van der Waals surface area (Å²) in [7, 11) is 1.42. The van der Waals surface area contributed by atoms with Gasteiger partial charge in [0.15, 0.2) is 0 Å². The smallest absolute Gasteiger partial charge is 0.305 e. The summed E-state index contributed by atoms with van der Waals surface area (Å²) in [6, 6.07) is 0. The van der Waals surface area contributed by atoms with E-state index >= 15 is 0 Å². The lowest BCUT2D eigenvalue weighted by atomic mass is 10.1. The van der Waals surface area contributed by atoms with Gasteiger partial charge in [-0.05, 0) is 31.6 Å². The molecule has 128 valence electrons. The Bertz CT molecular complexity index is 307. The minimum atomic E-state index is -0.395. The van der Waals surface area contributed by atoms with E-state index in [0.29, 0.717) is 19.6 Å². The average molecular weight is 312 g/mol. The van der Waals surface area contributed by atoms with Crippen LogP contribution >= 0.6 is 0 Å². The maximum Gasteiger partial charge on any atom is 0.305 e. The fourth-order valence-electron chi connectivity index (χ4n) is 1.72. The topological polar surface area (TPSA) is 44.8 Å². The first kappa shape index (κ1) is 20.9. The molecule has 0 aromatic carbocycles. The fourth-order valence-corrected chi connectivity index (χ4v) is 1.72. The highest BCUT2D eigenvalue weighted by Gasteiger charge is 2.04. The second-order valence-corrected chi connectivity index (χ2v) is 5.24. The standard InChI is InChI=1S/C18H32O4/c1-4-6-15-21-18(22-16-7-5-2)14-12-10-8-9-11-13-17(19)20-3/h18H,4-11,13,15-16H2,1-3H3. The van der Waals surface area contributed by atoms with Crippen molar-refractivity contribution in [3.8, 4) is 11.8 Å². The molecule has 4 heteroatoms. The van der Waals surface area contributed by atoms with Gasteiger partial charge in [-0.2, -0.15) is 0 Å². The van der Waals surface area contributed by atoms with Crippen molar-refractivity contribution in [1.82, 2.24) is 0 Å². The summed E-state index contributed by atoms with van der Waals surface area (Å²) < 4.78 is 15.9. The molecule has 0 aliphatic carbocycles. The Morgan fingerprint density at radius 3 is 2.14 bits per heavy atom. The third kappa shape index (κ3) is 13.9. The number of hydrogen-bond donors (Lipinski definition) is 0. The second kappa shape index (κ2) is 16.3. The van der Waals surface area contributed by atoms with Gasteiger partial charge in [-0.3, -0.25) is 4.79 Å².